The Hall–Kier alpha value is -1.42. The predicted molar refractivity (Wildman–Crippen MR) is 71.8 cm³/mol. The summed E-state index contributed by atoms with van der Waals surface area (Å²) in [6.07, 6.45) is 4.51. The second-order valence-corrected chi connectivity index (χ2v) is 4.96. The highest BCUT2D eigenvalue weighted by molar-refractivity contribution is 6.30. The van der Waals surface area contributed by atoms with E-state index in [1.807, 2.05) is 0 Å². The molecule has 1 aromatic carbocycles. The molecule has 18 heavy (non-hydrogen) atoms. The Morgan fingerprint density at radius 3 is 2.83 bits per heavy atom. The summed E-state index contributed by atoms with van der Waals surface area (Å²) < 4.78 is 5.37. The maximum Gasteiger partial charge on any atom is 0.258 e. The fraction of sp³-hybridized carbons (Fsp3) is 0.462. The molecule has 0 radical (unpaired) electrons. The molecule has 98 valence electrons. The number of halogens is 1. The Morgan fingerprint density at radius 2 is 2.17 bits per heavy atom. The van der Waals surface area contributed by atoms with Gasteiger partial charge in [-0.1, -0.05) is 24.4 Å². The van der Waals surface area contributed by atoms with Crippen LogP contribution in [0.5, 0.6) is 5.75 Å². The summed E-state index contributed by atoms with van der Waals surface area (Å²) in [4.78, 5) is 11.6. The van der Waals surface area contributed by atoms with Gasteiger partial charge in [0.1, 0.15) is 5.75 Å². The molecule has 1 aliphatic carbocycles. The van der Waals surface area contributed by atoms with Gasteiger partial charge in [0.25, 0.3) is 5.91 Å². The van der Waals surface area contributed by atoms with Crippen LogP contribution in [-0.4, -0.2) is 18.6 Å². The van der Waals surface area contributed by atoms with Gasteiger partial charge in [0.15, 0.2) is 6.61 Å². The van der Waals surface area contributed by atoms with E-state index in [4.69, 9.17) is 22.1 Å². The van der Waals surface area contributed by atoms with Crippen molar-refractivity contribution >= 4 is 23.2 Å². The maximum atomic E-state index is 11.6. The van der Waals surface area contributed by atoms with Crippen LogP contribution in [0.4, 0.5) is 5.69 Å². The van der Waals surface area contributed by atoms with E-state index in [1.54, 1.807) is 18.2 Å². The van der Waals surface area contributed by atoms with Crippen LogP contribution in [0.2, 0.25) is 5.02 Å². The summed E-state index contributed by atoms with van der Waals surface area (Å²) in [5.74, 6) is 0.386. The van der Waals surface area contributed by atoms with Crippen molar-refractivity contribution in [3.63, 3.8) is 0 Å². The molecule has 1 saturated carbocycles. The average Bonchev–Trinajstić information content (AvgIpc) is 2.80. The van der Waals surface area contributed by atoms with Gasteiger partial charge in [-0.2, -0.15) is 0 Å². The van der Waals surface area contributed by atoms with Crippen LogP contribution in [0.25, 0.3) is 0 Å². The van der Waals surface area contributed by atoms with Crippen LogP contribution in [0.15, 0.2) is 18.2 Å². The number of carbonyl (C=O) groups excluding carboxylic acids is 1. The standard InChI is InChI=1S/C13H17ClN2O2/c14-9-5-6-12(11(15)7-9)18-8-13(17)16-10-3-1-2-4-10/h5-7,10H,1-4,8,15H2,(H,16,17). The molecule has 1 amide bonds. The van der Waals surface area contributed by atoms with Crippen molar-refractivity contribution in [3.8, 4) is 5.75 Å². The first-order valence-electron chi connectivity index (χ1n) is 6.12. The summed E-state index contributed by atoms with van der Waals surface area (Å²) in [6, 6.07) is 5.26. The molecule has 1 fully saturated rings. The predicted octanol–water partition coefficient (Wildman–Crippen LogP) is 2.36. The van der Waals surface area contributed by atoms with Crippen LogP contribution in [-0.2, 0) is 4.79 Å². The Bertz CT molecular complexity index is 431. The third kappa shape index (κ3) is 3.53. The van der Waals surface area contributed by atoms with E-state index in [2.05, 4.69) is 5.32 Å². The molecule has 4 nitrogen and oxygen atoms in total. The number of hydrogen-bond donors (Lipinski definition) is 2. The summed E-state index contributed by atoms with van der Waals surface area (Å²) >= 11 is 5.78. The molecular formula is C13H17ClN2O2. The number of benzene rings is 1. The van der Waals surface area contributed by atoms with E-state index in [0.717, 1.165) is 12.8 Å². The first-order chi connectivity index (χ1) is 8.65. The molecule has 0 atom stereocenters. The van der Waals surface area contributed by atoms with E-state index in [1.165, 1.54) is 12.8 Å². The minimum atomic E-state index is -0.101. The first kappa shape index (κ1) is 13.0. The monoisotopic (exact) mass is 268 g/mol. The second kappa shape index (κ2) is 5.96. The van der Waals surface area contributed by atoms with Gasteiger partial charge in [-0.05, 0) is 31.0 Å². The fourth-order valence-corrected chi connectivity index (χ4v) is 2.31. The van der Waals surface area contributed by atoms with Crippen molar-refractivity contribution < 1.29 is 9.53 Å². The number of anilines is 1. The van der Waals surface area contributed by atoms with Crippen molar-refractivity contribution in [2.75, 3.05) is 12.3 Å². The van der Waals surface area contributed by atoms with Crippen LogP contribution < -0.4 is 15.8 Å². The van der Waals surface area contributed by atoms with Crippen LogP contribution in [0, 0.1) is 0 Å². The number of carbonyl (C=O) groups is 1. The van der Waals surface area contributed by atoms with E-state index < -0.39 is 0 Å². The number of ether oxygens (including phenoxy) is 1. The van der Waals surface area contributed by atoms with Gasteiger partial charge in [0.2, 0.25) is 0 Å². The quantitative estimate of drug-likeness (QED) is 0.824. The lowest BCUT2D eigenvalue weighted by Crippen LogP contribution is -2.36. The minimum absolute atomic E-state index is 0.0116. The molecule has 0 heterocycles. The van der Waals surface area contributed by atoms with Crippen LogP contribution in [0.3, 0.4) is 0 Å². The van der Waals surface area contributed by atoms with Gasteiger partial charge in [-0.15, -0.1) is 0 Å². The normalized spacial score (nSPS) is 15.6. The SMILES string of the molecule is Nc1cc(Cl)ccc1OCC(=O)NC1CCCC1. The number of rotatable bonds is 4. The Morgan fingerprint density at radius 1 is 1.44 bits per heavy atom. The zero-order valence-corrected chi connectivity index (χ0v) is 10.9. The summed E-state index contributed by atoms with van der Waals surface area (Å²) in [6.45, 7) is -0.0116. The van der Waals surface area contributed by atoms with E-state index >= 15 is 0 Å². The topological polar surface area (TPSA) is 64.3 Å². The lowest BCUT2D eigenvalue weighted by molar-refractivity contribution is -0.123. The molecule has 0 aliphatic heterocycles. The number of amides is 1. The number of hydrogen-bond acceptors (Lipinski definition) is 3. The van der Waals surface area contributed by atoms with E-state index in [9.17, 15) is 4.79 Å². The minimum Gasteiger partial charge on any atom is -0.482 e. The van der Waals surface area contributed by atoms with Crippen molar-refractivity contribution in [2.45, 2.75) is 31.7 Å². The molecule has 0 unspecified atom stereocenters. The van der Waals surface area contributed by atoms with Crippen molar-refractivity contribution in [1.29, 1.82) is 0 Å². The molecule has 1 aliphatic rings. The summed E-state index contributed by atoms with van der Waals surface area (Å²) in [7, 11) is 0. The number of nitrogens with two attached hydrogens (primary N) is 1. The van der Waals surface area contributed by atoms with E-state index in [-0.39, 0.29) is 12.5 Å². The molecule has 3 N–H and O–H groups in total. The Kier molecular flexibility index (Phi) is 4.31. The summed E-state index contributed by atoms with van der Waals surface area (Å²) in [5.41, 5.74) is 6.17. The van der Waals surface area contributed by atoms with Crippen molar-refractivity contribution in [2.24, 2.45) is 0 Å². The molecule has 1 aromatic rings. The molecule has 0 aromatic heterocycles. The molecule has 2 rings (SSSR count). The molecule has 0 spiro atoms. The number of nitrogen functional groups attached to an aromatic ring is 1. The van der Waals surface area contributed by atoms with Gasteiger partial charge in [-0.3, -0.25) is 4.79 Å². The lowest BCUT2D eigenvalue weighted by Gasteiger charge is -2.13. The Labute approximate surface area is 111 Å². The van der Waals surface area contributed by atoms with Gasteiger partial charge in [-0.25, -0.2) is 0 Å². The zero-order valence-electron chi connectivity index (χ0n) is 10.1. The van der Waals surface area contributed by atoms with Gasteiger partial charge >= 0.3 is 0 Å². The number of nitrogens with one attached hydrogen (secondary N) is 1. The highest BCUT2D eigenvalue weighted by atomic mass is 35.5. The summed E-state index contributed by atoms with van der Waals surface area (Å²) in [5, 5.41) is 3.50. The van der Waals surface area contributed by atoms with E-state index in [0.29, 0.717) is 22.5 Å². The average molecular weight is 269 g/mol. The lowest BCUT2D eigenvalue weighted by atomic mass is 10.2. The highest BCUT2D eigenvalue weighted by Gasteiger charge is 2.17. The maximum absolute atomic E-state index is 11.6. The second-order valence-electron chi connectivity index (χ2n) is 4.52. The van der Waals surface area contributed by atoms with Crippen LogP contribution in [0.1, 0.15) is 25.7 Å². The fourth-order valence-electron chi connectivity index (χ4n) is 2.13. The van der Waals surface area contributed by atoms with Crippen molar-refractivity contribution in [1.82, 2.24) is 5.32 Å². The smallest absolute Gasteiger partial charge is 0.258 e. The third-order valence-electron chi connectivity index (χ3n) is 3.05. The van der Waals surface area contributed by atoms with Gasteiger partial charge in [0.05, 0.1) is 5.69 Å². The third-order valence-corrected chi connectivity index (χ3v) is 3.29. The first-order valence-corrected chi connectivity index (χ1v) is 6.50. The van der Waals surface area contributed by atoms with Crippen LogP contribution >= 0.6 is 11.6 Å². The van der Waals surface area contributed by atoms with Crippen molar-refractivity contribution in [3.05, 3.63) is 23.2 Å². The van der Waals surface area contributed by atoms with Gasteiger partial charge < -0.3 is 15.8 Å². The zero-order chi connectivity index (χ0) is 13.0. The Balaban J connectivity index is 1.81. The molecule has 0 bridgehead atoms. The molecule has 0 saturated heterocycles. The van der Waals surface area contributed by atoms with Gasteiger partial charge in [0, 0.05) is 11.1 Å². The highest BCUT2D eigenvalue weighted by Crippen LogP contribution is 2.24. The molecule has 5 heteroatoms. The molecular weight excluding hydrogens is 252 g/mol. The largest absolute Gasteiger partial charge is 0.482 e.